The summed E-state index contributed by atoms with van der Waals surface area (Å²) in [4.78, 5) is 10.3. The largest absolute Gasteiger partial charge is 0.372 e. The van der Waals surface area contributed by atoms with Crippen molar-refractivity contribution in [2.45, 2.75) is 11.1 Å². The number of sulfonamides is 1. The van der Waals surface area contributed by atoms with Gasteiger partial charge in [0.05, 0.1) is 4.92 Å². The second-order valence-corrected chi connectivity index (χ2v) is 7.01. The van der Waals surface area contributed by atoms with Crippen molar-refractivity contribution in [1.82, 2.24) is 9.78 Å². The summed E-state index contributed by atoms with van der Waals surface area (Å²) in [6, 6.07) is 2.53. The predicted molar refractivity (Wildman–Crippen MR) is 79.2 cm³/mol. The second kappa shape index (κ2) is 5.69. The molecule has 2 heterocycles. The van der Waals surface area contributed by atoms with Gasteiger partial charge in [-0.25, -0.2) is 8.42 Å². The Morgan fingerprint density at radius 2 is 2.24 bits per heavy atom. The van der Waals surface area contributed by atoms with Crippen LogP contribution in [0.2, 0.25) is 0 Å². The molecule has 2 N–H and O–H groups in total. The maximum absolute atomic E-state index is 12.2. The normalized spacial score (nSPS) is 11.3. The molecule has 0 radical (unpaired) electrons. The van der Waals surface area contributed by atoms with Crippen molar-refractivity contribution in [2.24, 2.45) is 7.05 Å². The summed E-state index contributed by atoms with van der Waals surface area (Å²) in [5, 5.41) is 17.8. The Hall–Kier alpha value is -2.14. The van der Waals surface area contributed by atoms with Gasteiger partial charge in [-0.2, -0.15) is 5.10 Å². The molecular weight excluding hydrogens is 318 g/mol. The van der Waals surface area contributed by atoms with E-state index in [2.05, 4.69) is 15.1 Å². The van der Waals surface area contributed by atoms with Crippen molar-refractivity contribution < 1.29 is 13.3 Å². The quantitative estimate of drug-likeness (QED) is 0.613. The first kappa shape index (κ1) is 15.3. The predicted octanol–water partition coefficient (Wildman–Crippen LogP) is 1.62. The molecule has 0 aliphatic carbocycles. The van der Waals surface area contributed by atoms with E-state index >= 15 is 0 Å². The molecule has 2 rings (SSSR count). The van der Waals surface area contributed by atoms with Gasteiger partial charge in [0.15, 0.2) is 10.8 Å². The topological polar surface area (TPSA) is 119 Å². The number of aromatic nitrogens is 2. The average molecular weight is 331 g/mol. The fourth-order valence-electron chi connectivity index (χ4n) is 1.57. The maximum atomic E-state index is 12.2. The van der Waals surface area contributed by atoms with Gasteiger partial charge >= 0.3 is 5.69 Å². The van der Waals surface area contributed by atoms with Gasteiger partial charge in [0, 0.05) is 31.9 Å². The summed E-state index contributed by atoms with van der Waals surface area (Å²) < 4.78 is 28.0. The third-order valence-corrected chi connectivity index (χ3v) is 5.35. The van der Waals surface area contributed by atoms with Gasteiger partial charge in [-0.3, -0.25) is 19.5 Å². The molecule has 0 aliphatic rings. The molecule has 0 saturated heterocycles. The molecule has 0 bridgehead atoms. The summed E-state index contributed by atoms with van der Waals surface area (Å²) >= 11 is 0.808. The minimum absolute atomic E-state index is 0.143. The first-order valence-electron chi connectivity index (χ1n) is 5.88. The molecular formula is C10H13N5O4S2. The molecule has 9 nitrogen and oxygen atoms in total. The van der Waals surface area contributed by atoms with Crippen LogP contribution >= 0.6 is 11.3 Å². The van der Waals surface area contributed by atoms with E-state index in [0.29, 0.717) is 6.54 Å². The van der Waals surface area contributed by atoms with Crippen molar-refractivity contribution in [3.63, 3.8) is 0 Å². The Morgan fingerprint density at radius 3 is 2.76 bits per heavy atom. The zero-order valence-electron chi connectivity index (χ0n) is 11.2. The van der Waals surface area contributed by atoms with Crippen molar-refractivity contribution >= 4 is 37.9 Å². The molecule has 0 spiro atoms. The highest BCUT2D eigenvalue weighted by molar-refractivity contribution is 7.94. The molecule has 21 heavy (non-hydrogen) atoms. The molecule has 0 saturated carbocycles. The van der Waals surface area contributed by atoms with Crippen molar-refractivity contribution in [1.29, 1.82) is 0 Å². The van der Waals surface area contributed by atoms with Gasteiger partial charge < -0.3 is 5.32 Å². The van der Waals surface area contributed by atoms with Gasteiger partial charge in [-0.1, -0.05) is 11.3 Å². The van der Waals surface area contributed by atoms with Crippen LogP contribution in [0.15, 0.2) is 22.5 Å². The standard InChI is InChI=1S/C10H13N5O4S2/c1-3-11-10-7(15(16)17)6-9(20-10)21(18,19)13-8-4-5-14(2)12-8/h4-6,11H,3H2,1-2H3,(H,12,13). The lowest BCUT2D eigenvalue weighted by Crippen LogP contribution is -2.12. The van der Waals surface area contributed by atoms with E-state index in [0.717, 1.165) is 17.4 Å². The molecule has 2 aromatic heterocycles. The summed E-state index contributed by atoms with van der Waals surface area (Å²) in [7, 11) is -2.26. The molecule has 2 aromatic rings. The molecule has 0 aromatic carbocycles. The lowest BCUT2D eigenvalue weighted by molar-refractivity contribution is -0.383. The Kier molecular flexibility index (Phi) is 4.14. The fraction of sp³-hybridized carbons (Fsp3) is 0.300. The van der Waals surface area contributed by atoms with Crippen LogP contribution in [0.5, 0.6) is 0 Å². The summed E-state index contributed by atoms with van der Waals surface area (Å²) in [6.45, 7) is 2.22. The van der Waals surface area contributed by atoms with Crippen molar-refractivity contribution in [2.75, 3.05) is 16.6 Å². The Bertz CT molecular complexity index is 764. The molecule has 114 valence electrons. The minimum Gasteiger partial charge on any atom is -0.372 e. The third-order valence-electron chi connectivity index (χ3n) is 2.44. The summed E-state index contributed by atoms with van der Waals surface area (Å²) in [6.07, 6.45) is 1.58. The number of aryl methyl sites for hydroxylation is 1. The van der Waals surface area contributed by atoms with E-state index in [1.165, 1.54) is 10.7 Å². The zero-order valence-corrected chi connectivity index (χ0v) is 12.9. The first-order chi connectivity index (χ1) is 9.83. The lowest BCUT2D eigenvalue weighted by Gasteiger charge is -2.01. The highest BCUT2D eigenvalue weighted by atomic mass is 32.2. The first-order valence-corrected chi connectivity index (χ1v) is 8.18. The molecule has 0 fully saturated rings. The zero-order chi connectivity index (χ0) is 15.6. The number of nitrogens with one attached hydrogen (secondary N) is 2. The summed E-state index contributed by atoms with van der Waals surface area (Å²) in [5.74, 6) is 0.151. The van der Waals surface area contributed by atoms with Gasteiger partial charge in [-0.15, -0.1) is 0 Å². The molecule has 0 unspecified atom stereocenters. The monoisotopic (exact) mass is 331 g/mol. The van der Waals surface area contributed by atoms with Crippen LogP contribution in [0, 0.1) is 10.1 Å². The van der Waals surface area contributed by atoms with Crippen LogP contribution in [0.3, 0.4) is 0 Å². The van der Waals surface area contributed by atoms with Crippen LogP contribution in [0.1, 0.15) is 6.92 Å². The average Bonchev–Trinajstić information content (AvgIpc) is 2.96. The number of rotatable bonds is 6. The molecule has 0 atom stereocenters. The van der Waals surface area contributed by atoms with Crippen molar-refractivity contribution in [3.8, 4) is 0 Å². The number of nitrogens with zero attached hydrogens (tertiary/aromatic N) is 3. The van der Waals surface area contributed by atoms with Gasteiger partial charge in [0.25, 0.3) is 10.0 Å². The Morgan fingerprint density at radius 1 is 1.52 bits per heavy atom. The van der Waals surface area contributed by atoms with E-state index in [1.807, 2.05) is 0 Å². The maximum Gasteiger partial charge on any atom is 0.304 e. The van der Waals surface area contributed by atoms with Gasteiger partial charge in [0.1, 0.15) is 4.21 Å². The molecule has 0 amide bonds. The van der Waals surface area contributed by atoms with Gasteiger partial charge in [-0.05, 0) is 6.92 Å². The second-order valence-electron chi connectivity index (χ2n) is 4.05. The van der Waals surface area contributed by atoms with Crippen molar-refractivity contribution in [3.05, 3.63) is 28.4 Å². The van der Waals surface area contributed by atoms with Crippen LogP contribution < -0.4 is 10.0 Å². The lowest BCUT2D eigenvalue weighted by atomic mass is 10.5. The van der Waals surface area contributed by atoms with E-state index < -0.39 is 14.9 Å². The van der Waals surface area contributed by atoms with E-state index in [1.54, 1.807) is 20.2 Å². The van der Waals surface area contributed by atoms with Gasteiger partial charge in [0.2, 0.25) is 0 Å². The van der Waals surface area contributed by atoms with Crippen LogP contribution in [0.4, 0.5) is 16.5 Å². The van der Waals surface area contributed by atoms with Crippen LogP contribution in [-0.4, -0.2) is 29.7 Å². The highest BCUT2D eigenvalue weighted by Gasteiger charge is 2.26. The Labute approximate surface area is 124 Å². The Balaban J connectivity index is 2.35. The number of hydrogen-bond acceptors (Lipinski definition) is 7. The van der Waals surface area contributed by atoms with E-state index in [-0.39, 0.29) is 20.7 Å². The fourth-order valence-corrected chi connectivity index (χ4v) is 3.96. The number of nitro groups is 1. The third kappa shape index (κ3) is 3.31. The minimum atomic E-state index is -3.91. The number of anilines is 2. The molecule has 11 heteroatoms. The number of hydrogen-bond donors (Lipinski definition) is 2. The smallest absolute Gasteiger partial charge is 0.304 e. The summed E-state index contributed by atoms with van der Waals surface area (Å²) in [5.41, 5.74) is -0.261. The SMILES string of the molecule is CCNc1sc(S(=O)(=O)Nc2ccn(C)n2)cc1[N+](=O)[O-]. The number of thiophene rings is 1. The molecule has 0 aliphatic heterocycles. The highest BCUT2D eigenvalue weighted by Crippen LogP contribution is 2.37. The van der Waals surface area contributed by atoms with Crippen LogP contribution in [0.25, 0.3) is 0 Å². The van der Waals surface area contributed by atoms with E-state index in [4.69, 9.17) is 0 Å². The van der Waals surface area contributed by atoms with E-state index in [9.17, 15) is 18.5 Å². The van der Waals surface area contributed by atoms with Crippen LogP contribution in [-0.2, 0) is 17.1 Å².